The van der Waals surface area contributed by atoms with Gasteiger partial charge in [-0.15, -0.1) is 0 Å². The Morgan fingerprint density at radius 3 is 3.00 bits per heavy atom. The summed E-state index contributed by atoms with van der Waals surface area (Å²) in [4.78, 5) is 12.1. The summed E-state index contributed by atoms with van der Waals surface area (Å²) >= 11 is 1.32. The molecular weight excluding hydrogens is 240 g/mol. The van der Waals surface area contributed by atoms with Crippen LogP contribution in [0.25, 0.3) is 0 Å². The fourth-order valence-corrected chi connectivity index (χ4v) is 2.02. The molecule has 2 rings (SSSR count). The lowest BCUT2D eigenvalue weighted by Gasteiger charge is -2.05. The summed E-state index contributed by atoms with van der Waals surface area (Å²) in [6, 6.07) is 0. The molecule has 3 N–H and O–H groups in total. The number of amidine groups is 1. The van der Waals surface area contributed by atoms with Crippen molar-refractivity contribution in [2.45, 2.75) is 10.2 Å². The fraction of sp³-hybridized carbons (Fsp3) is 0.111. The SMILES string of the molecule is Cn1ccnc1Sc1ncncc1/C(N)=N/O. The molecular formula is C9H10N6OS. The van der Waals surface area contributed by atoms with Crippen LogP contribution in [0.5, 0.6) is 0 Å². The molecule has 0 unspecified atom stereocenters. The number of nitrogens with two attached hydrogens (primary N) is 1. The minimum Gasteiger partial charge on any atom is -0.409 e. The predicted molar refractivity (Wildman–Crippen MR) is 61.9 cm³/mol. The third-order valence-electron chi connectivity index (χ3n) is 2.02. The average molecular weight is 250 g/mol. The second-order valence-electron chi connectivity index (χ2n) is 3.15. The van der Waals surface area contributed by atoms with Gasteiger partial charge in [-0.2, -0.15) is 0 Å². The standard InChI is InChI=1S/C9H10N6OS/c1-15-3-2-12-9(15)17-8-6(7(10)14-16)4-11-5-13-8/h2-5,16H,1H3,(H2,10,14). The van der Waals surface area contributed by atoms with Crippen molar-refractivity contribution in [2.75, 3.05) is 0 Å². The molecule has 2 aromatic rings. The third-order valence-corrected chi connectivity index (χ3v) is 3.12. The van der Waals surface area contributed by atoms with Crippen molar-refractivity contribution in [2.24, 2.45) is 17.9 Å². The van der Waals surface area contributed by atoms with Gasteiger partial charge in [-0.05, 0) is 11.8 Å². The van der Waals surface area contributed by atoms with E-state index in [9.17, 15) is 0 Å². The van der Waals surface area contributed by atoms with Crippen LogP contribution in [0.1, 0.15) is 5.56 Å². The normalized spacial score (nSPS) is 11.7. The molecule has 0 bridgehead atoms. The molecule has 0 saturated carbocycles. The van der Waals surface area contributed by atoms with Crippen LogP contribution in [0, 0.1) is 0 Å². The molecule has 0 amide bonds. The summed E-state index contributed by atoms with van der Waals surface area (Å²) in [6.07, 6.45) is 6.41. The van der Waals surface area contributed by atoms with Crippen LogP contribution in [-0.2, 0) is 7.05 Å². The molecule has 88 valence electrons. The quantitative estimate of drug-likeness (QED) is 0.270. The first-order chi connectivity index (χ1) is 8.22. The molecule has 7 nitrogen and oxygen atoms in total. The van der Waals surface area contributed by atoms with Gasteiger partial charge in [0.1, 0.15) is 11.4 Å². The molecule has 8 heteroatoms. The molecule has 0 aromatic carbocycles. The lowest BCUT2D eigenvalue weighted by atomic mass is 10.3. The van der Waals surface area contributed by atoms with E-state index in [1.54, 1.807) is 6.20 Å². The number of nitrogens with zero attached hydrogens (tertiary/aromatic N) is 5. The van der Waals surface area contributed by atoms with E-state index >= 15 is 0 Å². The van der Waals surface area contributed by atoms with Gasteiger partial charge in [0.2, 0.25) is 0 Å². The minimum atomic E-state index is -0.0256. The monoisotopic (exact) mass is 250 g/mol. The largest absolute Gasteiger partial charge is 0.409 e. The molecule has 0 atom stereocenters. The van der Waals surface area contributed by atoms with Gasteiger partial charge in [0.15, 0.2) is 11.0 Å². The molecule has 0 aliphatic heterocycles. The van der Waals surface area contributed by atoms with Gasteiger partial charge in [0.25, 0.3) is 0 Å². The maximum Gasteiger partial charge on any atom is 0.174 e. The highest BCUT2D eigenvalue weighted by Crippen LogP contribution is 2.26. The highest BCUT2D eigenvalue weighted by Gasteiger charge is 2.12. The number of oxime groups is 1. The Hall–Kier alpha value is -2.09. The molecule has 17 heavy (non-hydrogen) atoms. The van der Waals surface area contributed by atoms with E-state index in [-0.39, 0.29) is 5.84 Å². The smallest absolute Gasteiger partial charge is 0.174 e. The van der Waals surface area contributed by atoms with Crippen LogP contribution in [0.3, 0.4) is 0 Å². The van der Waals surface area contributed by atoms with E-state index in [2.05, 4.69) is 20.1 Å². The zero-order chi connectivity index (χ0) is 12.3. The maximum absolute atomic E-state index is 8.67. The van der Waals surface area contributed by atoms with Gasteiger partial charge in [0.05, 0.1) is 5.56 Å². The zero-order valence-electron chi connectivity index (χ0n) is 8.98. The first-order valence-corrected chi connectivity index (χ1v) is 5.47. The van der Waals surface area contributed by atoms with Gasteiger partial charge < -0.3 is 15.5 Å². The molecule has 0 saturated heterocycles. The summed E-state index contributed by atoms with van der Waals surface area (Å²) in [7, 11) is 1.87. The van der Waals surface area contributed by atoms with Crippen molar-refractivity contribution >= 4 is 17.6 Å². The molecule has 0 fully saturated rings. The van der Waals surface area contributed by atoms with E-state index < -0.39 is 0 Å². The summed E-state index contributed by atoms with van der Waals surface area (Å²) in [5.74, 6) is -0.0256. The Bertz CT molecular complexity index is 552. The minimum absolute atomic E-state index is 0.0256. The molecule has 0 radical (unpaired) electrons. The number of hydrogen-bond acceptors (Lipinski definition) is 6. The lowest BCUT2D eigenvalue weighted by molar-refractivity contribution is 0.318. The van der Waals surface area contributed by atoms with Crippen molar-refractivity contribution < 1.29 is 5.21 Å². The second kappa shape index (κ2) is 4.83. The first-order valence-electron chi connectivity index (χ1n) is 4.65. The van der Waals surface area contributed by atoms with Gasteiger partial charge in [-0.3, -0.25) is 0 Å². The van der Waals surface area contributed by atoms with Gasteiger partial charge in [-0.1, -0.05) is 5.16 Å². The second-order valence-corrected chi connectivity index (χ2v) is 4.11. The Balaban J connectivity index is 2.36. The van der Waals surface area contributed by atoms with E-state index in [0.29, 0.717) is 10.6 Å². The van der Waals surface area contributed by atoms with Crippen molar-refractivity contribution in [1.82, 2.24) is 19.5 Å². The van der Waals surface area contributed by atoms with E-state index in [1.807, 2.05) is 17.8 Å². The van der Waals surface area contributed by atoms with Crippen molar-refractivity contribution in [3.05, 3.63) is 30.5 Å². The lowest BCUT2D eigenvalue weighted by Crippen LogP contribution is -2.15. The molecule has 0 aliphatic carbocycles. The van der Waals surface area contributed by atoms with E-state index in [0.717, 1.165) is 5.16 Å². The molecule has 0 aliphatic rings. The fourth-order valence-electron chi connectivity index (χ4n) is 1.17. The van der Waals surface area contributed by atoms with Crippen molar-refractivity contribution in [3.63, 3.8) is 0 Å². The van der Waals surface area contributed by atoms with Gasteiger partial charge >= 0.3 is 0 Å². The van der Waals surface area contributed by atoms with Crippen molar-refractivity contribution in [1.29, 1.82) is 0 Å². The summed E-state index contributed by atoms with van der Waals surface area (Å²) < 4.78 is 1.85. The van der Waals surface area contributed by atoms with Crippen LogP contribution in [0.15, 0.2) is 40.3 Å². The highest BCUT2D eigenvalue weighted by atomic mass is 32.2. The number of aryl methyl sites for hydroxylation is 1. The number of aromatic nitrogens is 4. The van der Waals surface area contributed by atoms with Gasteiger partial charge in [0, 0.05) is 25.6 Å². The average Bonchev–Trinajstić information content (AvgIpc) is 2.75. The highest BCUT2D eigenvalue weighted by molar-refractivity contribution is 7.99. The zero-order valence-corrected chi connectivity index (χ0v) is 9.79. The Morgan fingerprint density at radius 2 is 2.35 bits per heavy atom. The third kappa shape index (κ3) is 2.36. The number of rotatable bonds is 3. The van der Waals surface area contributed by atoms with Crippen LogP contribution < -0.4 is 5.73 Å². The topological polar surface area (TPSA) is 102 Å². The molecule has 2 aromatic heterocycles. The summed E-state index contributed by atoms with van der Waals surface area (Å²) in [5, 5.41) is 13.0. The number of hydrogen-bond donors (Lipinski definition) is 2. The van der Waals surface area contributed by atoms with E-state index in [1.165, 1.54) is 24.3 Å². The summed E-state index contributed by atoms with van der Waals surface area (Å²) in [5.41, 5.74) is 6.02. The Morgan fingerprint density at radius 1 is 1.53 bits per heavy atom. The molecule has 2 heterocycles. The first kappa shape index (κ1) is 11.4. The number of imidazole rings is 1. The van der Waals surface area contributed by atoms with Crippen LogP contribution in [0.2, 0.25) is 0 Å². The summed E-state index contributed by atoms with van der Waals surface area (Å²) in [6.45, 7) is 0. The van der Waals surface area contributed by atoms with Crippen LogP contribution in [0.4, 0.5) is 0 Å². The predicted octanol–water partition coefficient (Wildman–Crippen LogP) is 0.456. The van der Waals surface area contributed by atoms with Gasteiger partial charge in [-0.25, -0.2) is 15.0 Å². The van der Waals surface area contributed by atoms with Crippen LogP contribution >= 0.6 is 11.8 Å². The van der Waals surface area contributed by atoms with E-state index in [4.69, 9.17) is 10.9 Å². The molecule has 0 spiro atoms. The Labute approximate surface area is 101 Å². The van der Waals surface area contributed by atoms with Crippen LogP contribution in [-0.4, -0.2) is 30.6 Å². The Kier molecular flexibility index (Phi) is 3.24. The van der Waals surface area contributed by atoms with Crippen molar-refractivity contribution in [3.8, 4) is 0 Å². The maximum atomic E-state index is 8.67.